The first-order valence-electron chi connectivity index (χ1n) is 4.31. The second kappa shape index (κ2) is 3.29. The average Bonchev–Trinajstić information content (AvgIpc) is 2.58. The van der Waals surface area contributed by atoms with Crippen molar-refractivity contribution in [2.75, 3.05) is 0 Å². The van der Waals surface area contributed by atoms with E-state index in [-0.39, 0.29) is 17.1 Å². The molecule has 0 fully saturated rings. The number of carbonyl (C=O) groups is 1. The summed E-state index contributed by atoms with van der Waals surface area (Å²) >= 11 is 0. The first-order valence-corrected chi connectivity index (χ1v) is 4.31. The molecule has 0 radical (unpaired) electrons. The first kappa shape index (κ1) is 10.6. The molecule has 0 aliphatic heterocycles. The Morgan fingerprint density at radius 1 is 1.38 bits per heavy atom. The van der Waals surface area contributed by atoms with Gasteiger partial charge in [-0.1, -0.05) is 0 Å². The summed E-state index contributed by atoms with van der Waals surface area (Å²) in [5, 5.41) is 0. The lowest BCUT2D eigenvalue weighted by Gasteiger charge is -2.04. The fraction of sp³-hybridized carbons (Fsp3) is 0.222. The lowest BCUT2D eigenvalue weighted by molar-refractivity contribution is -0.141. The predicted molar refractivity (Wildman–Crippen MR) is 48.0 cm³/mol. The van der Waals surface area contributed by atoms with E-state index in [9.17, 15) is 18.0 Å². The minimum atomic E-state index is -4.51. The van der Waals surface area contributed by atoms with Crippen molar-refractivity contribution < 1.29 is 18.0 Å². The molecular weight excluding hydrogens is 223 g/mol. The van der Waals surface area contributed by atoms with Gasteiger partial charge in [0, 0.05) is 19.3 Å². The van der Waals surface area contributed by atoms with Crippen LogP contribution in [0.15, 0.2) is 18.6 Å². The molecule has 0 unspecified atom stereocenters. The van der Waals surface area contributed by atoms with Crippen LogP contribution in [0.3, 0.4) is 0 Å². The highest BCUT2D eigenvalue weighted by Crippen LogP contribution is 2.27. The summed E-state index contributed by atoms with van der Waals surface area (Å²) < 4.78 is 38.1. The van der Waals surface area contributed by atoms with Gasteiger partial charge < -0.3 is 4.40 Å². The molecule has 16 heavy (non-hydrogen) atoms. The summed E-state index contributed by atoms with van der Waals surface area (Å²) in [5.74, 6) is -0.308. The third kappa shape index (κ3) is 1.75. The van der Waals surface area contributed by atoms with E-state index in [0.29, 0.717) is 0 Å². The van der Waals surface area contributed by atoms with E-state index in [0.717, 1.165) is 16.8 Å². The van der Waals surface area contributed by atoms with Crippen molar-refractivity contribution in [2.24, 2.45) is 0 Å². The van der Waals surface area contributed by atoms with E-state index in [4.69, 9.17) is 0 Å². The molecule has 0 bridgehead atoms. The van der Waals surface area contributed by atoms with E-state index in [1.165, 1.54) is 13.1 Å². The van der Waals surface area contributed by atoms with Crippen LogP contribution < -0.4 is 0 Å². The largest absolute Gasteiger partial charge is 0.434 e. The number of Topliss-reactive ketones (excluding diaryl/α,β-unsaturated/α-hetero) is 1. The minimum Gasteiger partial charge on any atom is -0.303 e. The Balaban J connectivity index is 2.58. The van der Waals surface area contributed by atoms with Gasteiger partial charge in [0.05, 0.1) is 6.20 Å². The van der Waals surface area contributed by atoms with Crippen LogP contribution in [0.25, 0.3) is 5.65 Å². The topological polar surface area (TPSA) is 47.3 Å². The van der Waals surface area contributed by atoms with Crippen molar-refractivity contribution in [1.29, 1.82) is 0 Å². The number of imidazole rings is 1. The van der Waals surface area contributed by atoms with Crippen LogP contribution in [0.4, 0.5) is 13.2 Å². The Kier molecular flexibility index (Phi) is 2.18. The Morgan fingerprint density at radius 3 is 2.62 bits per heavy atom. The number of alkyl halides is 3. The van der Waals surface area contributed by atoms with E-state index < -0.39 is 11.9 Å². The van der Waals surface area contributed by atoms with E-state index in [1.807, 2.05) is 0 Å². The van der Waals surface area contributed by atoms with Gasteiger partial charge >= 0.3 is 6.18 Å². The van der Waals surface area contributed by atoms with E-state index >= 15 is 0 Å². The van der Waals surface area contributed by atoms with Crippen LogP contribution in [0.1, 0.15) is 23.1 Å². The molecule has 2 heterocycles. The zero-order valence-electron chi connectivity index (χ0n) is 8.12. The van der Waals surface area contributed by atoms with Gasteiger partial charge in [0.25, 0.3) is 0 Å². The number of hydrogen-bond donors (Lipinski definition) is 0. The van der Waals surface area contributed by atoms with Crippen LogP contribution >= 0.6 is 0 Å². The predicted octanol–water partition coefficient (Wildman–Crippen LogP) is 1.95. The number of rotatable bonds is 1. The third-order valence-corrected chi connectivity index (χ3v) is 1.99. The lowest BCUT2D eigenvalue weighted by Crippen LogP contribution is -2.08. The summed E-state index contributed by atoms with van der Waals surface area (Å²) in [6.45, 7) is 1.29. The molecule has 2 aromatic rings. The van der Waals surface area contributed by atoms with Crippen LogP contribution in [-0.2, 0) is 6.18 Å². The fourth-order valence-electron chi connectivity index (χ4n) is 1.22. The van der Waals surface area contributed by atoms with Gasteiger partial charge in [-0.2, -0.15) is 13.2 Å². The molecule has 0 saturated heterocycles. The summed E-state index contributed by atoms with van der Waals surface area (Å²) in [4.78, 5) is 18.0. The molecule has 0 aromatic carbocycles. The van der Waals surface area contributed by atoms with Gasteiger partial charge in [-0.25, -0.2) is 9.97 Å². The second-order valence-electron chi connectivity index (χ2n) is 3.22. The van der Waals surface area contributed by atoms with E-state index in [1.54, 1.807) is 0 Å². The summed E-state index contributed by atoms with van der Waals surface area (Å²) in [6, 6.07) is 0. The summed E-state index contributed by atoms with van der Waals surface area (Å²) in [7, 11) is 0. The molecule has 0 N–H and O–H groups in total. The molecule has 0 atom stereocenters. The number of ketones is 1. The normalized spacial score (nSPS) is 12.0. The monoisotopic (exact) mass is 229 g/mol. The average molecular weight is 229 g/mol. The standard InChI is InChI=1S/C9H6F3N3O/c1-5(16)6-3-15-4-7(9(10,11)12)13-2-8(15)14-6/h2-4H,1H3. The quantitative estimate of drug-likeness (QED) is 0.702. The van der Waals surface area contributed by atoms with Gasteiger partial charge in [-0.05, 0) is 0 Å². The van der Waals surface area contributed by atoms with E-state index in [2.05, 4.69) is 9.97 Å². The molecular formula is C9H6F3N3O. The summed E-state index contributed by atoms with van der Waals surface area (Å²) in [6.07, 6.45) is -1.48. The highest BCUT2D eigenvalue weighted by Gasteiger charge is 2.32. The van der Waals surface area contributed by atoms with Gasteiger partial charge in [0.15, 0.2) is 17.1 Å². The second-order valence-corrected chi connectivity index (χ2v) is 3.22. The number of hydrogen-bond acceptors (Lipinski definition) is 3. The highest BCUT2D eigenvalue weighted by atomic mass is 19.4. The van der Waals surface area contributed by atoms with Crippen LogP contribution in [0.5, 0.6) is 0 Å². The summed E-state index contributed by atoms with van der Waals surface area (Å²) in [5.41, 5.74) is -0.702. The third-order valence-electron chi connectivity index (χ3n) is 1.99. The molecule has 0 saturated carbocycles. The van der Waals surface area contributed by atoms with Crippen molar-refractivity contribution in [3.8, 4) is 0 Å². The van der Waals surface area contributed by atoms with Gasteiger partial charge in [-0.3, -0.25) is 4.79 Å². The minimum absolute atomic E-state index is 0.112. The molecule has 7 heteroatoms. The Bertz CT molecular complexity index is 559. The van der Waals surface area contributed by atoms with Crippen molar-refractivity contribution in [2.45, 2.75) is 13.1 Å². The number of fused-ring (bicyclic) bond motifs is 1. The smallest absolute Gasteiger partial charge is 0.303 e. The number of nitrogens with zero attached hydrogens (tertiary/aromatic N) is 3. The number of carbonyl (C=O) groups excluding carboxylic acids is 1. The SMILES string of the molecule is CC(=O)c1cn2cc(C(F)(F)F)ncc2n1. The Hall–Kier alpha value is -1.92. The molecule has 4 nitrogen and oxygen atoms in total. The zero-order chi connectivity index (χ0) is 11.9. The maximum Gasteiger partial charge on any atom is 0.434 e. The van der Waals surface area contributed by atoms with Gasteiger partial charge in [-0.15, -0.1) is 0 Å². The Labute approximate surface area is 87.7 Å². The van der Waals surface area contributed by atoms with Crippen LogP contribution in [0, 0.1) is 0 Å². The van der Waals surface area contributed by atoms with Crippen LogP contribution in [-0.4, -0.2) is 20.2 Å². The maximum atomic E-state index is 12.3. The number of halogens is 3. The molecule has 2 aromatic heterocycles. The highest BCUT2D eigenvalue weighted by molar-refractivity contribution is 5.92. The zero-order valence-corrected chi connectivity index (χ0v) is 8.12. The maximum absolute atomic E-state index is 12.3. The van der Waals surface area contributed by atoms with Crippen molar-refractivity contribution in [3.05, 3.63) is 30.0 Å². The molecule has 0 amide bonds. The van der Waals surface area contributed by atoms with Crippen molar-refractivity contribution in [1.82, 2.24) is 14.4 Å². The molecule has 0 spiro atoms. The number of aromatic nitrogens is 3. The lowest BCUT2D eigenvalue weighted by atomic mass is 10.3. The van der Waals surface area contributed by atoms with Gasteiger partial charge in [0.1, 0.15) is 5.69 Å². The van der Waals surface area contributed by atoms with Crippen molar-refractivity contribution >= 4 is 11.4 Å². The molecule has 2 rings (SSSR count). The molecule has 0 aliphatic carbocycles. The van der Waals surface area contributed by atoms with Crippen molar-refractivity contribution in [3.63, 3.8) is 0 Å². The van der Waals surface area contributed by atoms with Gasteiger partial charge in [0.2, 0.25) is 0 Å². The molecule has 0 aliphatic rings. The van der Waals surface area contributed by atoms with Crippen LogP contribution in [0.2, 0.25) is 0 Å². The fourth-order valence-corrected chi connectivity index (χ4v) is 1.22. The first-order chi connectivity index (χ1) is 7.38. The Morgan fingerprint density at radius 2 is 2.06 bits per heavy atom. The molecule has 84 valence electrons.